The van der Waals surface area contributed by atoms with Crippen molar-refractivity contribution in [3.8, 4) is 11.8 Å². The Morgan fingerprint density at radius 3 is 2.03 bits per heavy atom. The van der Waals surface area contributed by atoms with Crippen LogP contribution in [0, 0.1) is 65.1 Å². The number of esters is 1. The highest BCUT2D eigenvalue weighted by atomic mass is 16.5. The minimum absolute atomic E-state index is 0.0132. The zero-order valence-corrected chi connectivity index (χ0v) is 47.9. The molecule has 1 saturated carbocycles. The molecular weight excluding hydrogens is 953 g/mol. The van der Waals surface area contributed by atoms with Gasteiger partial charge >= 0.3 is 5.97 Å². The molecular formula is C60H96N4O11. The van der Waals surface area contributed by atoms with E-state index >= 15 is 0 Å². The van der Waals surface area contributed by atoms with Crippen molar-refractivity contribution >= 4 is 35.3 Å². The molecule has 0 spiro atoms. The van der Waals surface area contributed by atoms with E-state index in [4.69, 9.17) is 23.7 Å². The van der Waals surface area contributed by atoms with Gasteiger partial charge in [-0.15, -0.1) is 11.8 Å². The third-order valence-electron chi connectivity index (χ3n) is 16.4. The molecule has 75 heavy (non-hydrogen) atoms. The highest BCUT2D eigenvalue weighted by molar-refractivity contribution is 5.90. The quantitative estimate of drug-likeness (QED) is 0.0405. The molecule has 0 aromatic heterocycles. The standard InChI is InChI=1S/C60H96N4O11/c1-13-42(6)57(63(10)60(70)48(40(2)3)37-52(66)56(41(4)5)62(8)9)53(71-11)38-54(67)64-30-21-27-50(64)58(72-12)43(7)51(65)36-45(35-44-23-17-16-18-24-44)59(69)61-29-32-74-34-33-73-31-22-28-55(68)75-39-49-46-25-19-14-15-20-26-47(46)49/h16-18,23-24,40-43,45-50,53,56-58H,13,19-22,25-39H2,1-12H3,(H,61,69)/t42?,43-,45+,46?,47?,48-,49?,50-,53?,56-,57-,58+/m0/s1. The van der Waals surface area contributed by atoms with Gasteiger partial charge in [0, 0.05) is 90.8 Å². The van der Waals surface area contributed by atoms with E-state index in [1.807, 2.05) is 88.8 Å². The third kappa shape index (κ3) is 19.3. The number of nitrogens with one attached hydrogen (secondary N) is 1. The zero-order valence-electron chi connectivity index (χ0n) is 47.9. The van der Waals surface area contributed by atoms with Gasteiger partial charge in [-0.1, -0.05) is 85.2 Å². The molecule has 4 rings (SSSR count). The van der Waals surface area contributed by atoms with Crippen LogP contribution in [0.25, 0.3) is 0 Å². The van der Waals surface area contributed by atoms with Crippen molar-refractivity contribution in [1.29, 1.82) is 0 Å². The Bertz CT molecular complexity index is 1980. The molecule has 422 valence electrons. The number of ether oxygens (including phenoxy) is 5. The first-order valence-electron chi connectivity index (χ1n) is 28.3. The highest BCUT2D eigenvalue weighted by Crippen LogP contribution is 2.52. The Kier molecular flexibility index (Phi) is 27.5. The number of hydrogen-bond acceptors (Lipinski definition) is 12. The molecule has 2 aliphatic carbocycles. The minimum Gasteiger partial charge on any atom is -0.465 e. The number of carbonyl (C=O) groups excluding carboxylic acids is 6. The summed E-state index contributed by atoms with van der Waals surface area (Å²) in [5.74, 6) is 5.58. The van der Waals surface area contributed by atoms with Gasteiger partial charge in [-0.3, -0.25) is 33.7 Å². The van der Waals surface area contributed by atoms with Crippen molar-refractivity contribution < 1.29 is 52.5 Å². The van der Waals surface area contributed by atoms with Crippen LogP contribution in [0.15, 0.2) is 30.3 Å². The summed E-state index contributed by atoms with van der Waals surface area (Å²) in [6.07, 6.45) is 6.35. The molecule has 1 aromatic carbocycles. The molecule has 15 heteroatoms. The lowest BCUT2D eigenvalue weighted by Gasteiger charge is -2.41. The number of methoxy groups -OCH3 is 2. The molecule has 11 atom stereocenters. The molecule has 1 aromatic rings. The van der Waals surface area contributed by atoms with Gasteiger partial charge in [0.1, 0.15) is 5.78 Å². The molecule has 15 nitrogen and oxygen atoms in total. The maximum atomic E-state index is 14.5. The van der Waals surface area contributed by atoms with Crippen LogP contribution >= 0.6 is 0 Å². The summed E-state index contributed by atoms with van der Waals surface area (Å²) in [6.45, 7) is 16.6. The number of hydrogen-bond donors (Lipinski definition) is 1. The maximum Gasteiger partial charge on any atom is 0.305 e. The molecule has 2 fully saturated rings. The number of fused-ring (bicyclic) bond motifs is 1. The van der Waals surface area contributed by atoms with Crippen LogP contribution in [-0.2, 0) is 58.9 Å². The van der Waals surface area contributed by atoms with Crippen LogP contribution in [0.2, 0.25) is 0 Å². The first-order chi connectivity index (χ1) is 35.9. The second-order valence-corrected chi connectivity index (χ2v) is 22.5. The zero-order chi connectivity index (χ0) is 55.2. The van der Waals surface area contributed by atoms with Gasteiger partial charge in [0.15, 0.2) is 5.78 Å². The van der Waals surface area contributed by atoms with Gasteiger partial charge in [-0.2, -0.15) is 0 Å². The van der Waals surface area contributed by atoms with Gasteiger partial charge in [-0.05, 0) is 93.7 Å². The summed E-state index contributed by atoms with van der Waals surface area (Å²) >= 11 is 0. The Morgan fingerprint density at radius 1 is 0.787 bits per heavy atom. The van der Waals surface area contributed by atoms with E-state index in [0.717, 1.165) is 44.1 Å². The molecule has 1 aliphatic heterocycles. The van der Waals surface area contributed by atoms with Crippen LogP contribution in [0.3, 0.4) is 0 Å². The van der Waals surface area contributed by atoms with Crippen LogP contribution in [0.1, 0.15) is 131 Å². The largest absolute Gasteiger partial charge is 0.465 e. The van der Waals surface area contributed by atoms with Crippen LogP contribution in [-0.4, -0.2) is 162 Å². The predicted octanol–water partition coefficient (Wildman–Crippen LogP) is 7.45. The number of ketones is 2. The van der Waals surface area contributed by atoms with E-state index in [1.165, 1.54) is 0 Å². The first-order valence-corrected chi connectivity index (χ1v) is 28.3. The summed E-state index contributed by atoms with van der Waals surface area (Å²) in [4.78, 5) is 88.5. The molecule has 3 aliphatic rings. The fourth-order valence-corrected chi connectivity index (χ4v) is 12.0. The van der Waals surface area contributed by atoms with Crippen molar-refractivity contribution in [1.82, 2.24) is 20.0 Å². The lowest BCUT2D eigenvalue weighted by molar-refractivity contribution is -0.149. The SMILES string of the molecule is CCC(C)[C@@H](C(CC(=O)N1CCC[C@H]1[C@H](OC)[C@@H](C)C(=O)C[C@@H](Cc1ccccc1)C(=O)NCCOCCOCCCC(=O)OCC1C2CCC#CCCC21)OC)N(C)C(=O)[C@@H](CC(=O)[C@H](C(C)C)N(C)C)C(C)C. The number of Topliss-reactive ketones (excluding diaryl/α,β-unsaturated/α-hetero) is 2. The van der Waals surface area contributed by atoms with Crippen LogP contribution in [0.4, 0.5) is 0 Å². The molecule has 1 heterocycles. The smallest absolute Gasteiger partial charge is 0.305 e. The van der Waals surface area contributed by atoms with Gasteiger partial charge < -0.3 is 38.8 Å². The normalized spacial score (nSPS) is 21.6. The molecule has 1 N–H and O–H groups in total. The van der Waals surface area contributed by atoms with Crippen molar-refractivity contribution in [2.75, 3.05) is 81.5 Å². The Hall–Kier alpha value is -4.20. The second kappa shape index (κ2) is 32.5. The molecule has 4 unspecified atom stereocenters. The highest BCUT2D eigenvalue weighted by Gasteiger charge is 2.49. The molecule has 1 saturated heterocycles. The lowest BCUT2D eigenvalue weighted by atomic mass is 9.83. The number of likely N-dealkylation sites (N-methyl/N-ethyl adjacent to an activating group) is 2. The topological polar surface area (TPSA) is 170 Å². The van der Waals surface area contributed by atoms with Gasteiger partial charge in [-0.25, -0.2) is 0 Å². The third-order valence-corrected chi connectivity index (χ3v) is 16.4. The van der Waals surface area contributed by atoms with E-state index < -0.39 is 36.0 Å². The summed E-state index contributed by atoms with van der Waals surface area (Å²) < 4.78 is 29.2. The predicted molar refractivity (Wildman–Crippen MR) is 291 cm³/mol. The Morgan fingerprint density at radius 2 is 1.44 bits per heavy atom. The first kappa shape index (κ1) is 63.3. The van der Waals surface area contributed by atoms with Crippen molar-refractivity contribution in [3.63, 3.8) is 0 Å². The van der Waals surface area contributed by atoms with E-state index in [0.29, 0.717) is 76.4 Å². The van der Waals surface area contributed by atoms with Gasteiger partial charge in [0.2, 0.25) is 17.7 Å². The monoisotopic (exact) mass is 1050 g/mol. The van der Waals surface area contributed by atoms with Crippen LogP contribution < -0.4 is 5.32 Å². The molecule has 3 amide bonds. The van der Waals surface area contributed by atoms with E-state index in [-0.39, 0.29) is 97.5 Å². The van der Waals surface area contributed by atoms with Crippen molar-refractivity contribution in [3.05, 3.63) is 35.9 Å². The Balaban J connectivity index is 1.29. The number of nitrogens with zero attached hydrogens (tertiary/aromatic N) is 3. The van der Waals surface area contributed by atoms with E-state index in [9.17, 15) is 28.8 Å². The average molecular weight is 1050 g/mol. The summed E-state index contributed by atoms with van der Waals surface area (Å²) in [5, 5.41) is 2.98. The van der Waals surface area contributed by atoms with E-state index in [1.54, 1.807) is 26.2 Å². The van der Waals surface area contributed by atoms with E-state index in [2.05, 4.69) is 31.0 Å². The van der Waals surface area contributed by atoms with Gasteiger partial charge in [0.05, 0.1) is 63.2 Å². The fraction of sp³-hybridized carbons (Fsp3) is 0.767. The van der Waals surface area contributed by atoms with Crippen molar-refractivity contribution in [2.24, 2.45) is 53.3 Å². The summed E-state index contributed by atoms with van der Waals surface area (Å²) in [5.41, 5.74) is 0.936. The molecule has 0 radical (unpaired) electrons. The number of rotatable bonds is 35. The number of likely N-dealkylation sites (tertiary alicyclic amines) is 1. The second-order valence-electron chi connectivity index (χ2n) is 22.5. The van der Waals surface area contributed by atoms with Gasteiger partial charge in [0.25, 0.3) is 0 Å². The summed E-state index contributed by atoms with van der Waals surface area (Å²) in [6, 6.07) is 8.51. The minimum atomic E-state index is -0.647. The van der Waals surface area contributed by atoms with Crippen LogP contribution in [0.5, 0.6) is 0 Å². The number of benzene rings is 1. The maximum absolute atomic E-state index is 14.5. The fourth-order valence-electron chi connectivity index (χ4n) is 12.0. The average Bonchev–Trinajstić information content (AvgIpc) is 3.75. The molecule has 0 bridgehead atoms. The lowest BCUT2D eigenvalue weighted by Crippen LogP contribution is -2.54. The van der Waals surface area contributed by atoms with Crippen molar-refractivity contribution in [2.45, 2.75) is 162 Å². The number of carbonyl (C=O) groups is 6. The number of amides is 3. The summed E-state index contributed by atoms with van der Waals surface area (Å²) in [7, 11) is 8.71. The Labute approximate surface area is 450 Å².